The first-order valence-corrected chi connectivity index (χ1v) is 8.85. The first kappa shape index (κ1) is 21.6. The van der Waals surface area contributed by atoms with Crippen LogP contribution >= 0.6 is 11.6 Å². The average Bonchev–Trinajstić information content (AvgIpc) is 3.09. The Morgan fingerprint density at radius 2 is 1.97 bits per heavy atom. The number of hydrogen-bond acceptors (Lipinski definition) is 5. The summed E-state index contributed by atoms with van der Waals surface area (Å²) in [5, 5.41) is -0.215. The van der Waals surface area contributed by atoms with Crippen molar-refractivity contribution in [3.05, 3.63) is 57.5 Å². The summed E-state index contributed by atoms with van der Waals surface area (Å²) in [7, 11) is 0. The van der Waals surface area contributed by atoms with Crippen LogP contribution in [0.4, 0.5) is 17.6 Å². The summed E-state index contributed by atoms with van der Waals surface area (Å²) in [5.74, 6) is -2.37. The first-order chi connectivity index (χ1) is 14.0. The van der Waals surface area contributed by atoms with E-state index in [1.54, 1.807) is 13.8 Å². The van der Waals surface area contributed by atoms with Gasteiger partial charge in [-0.3, -0.25) is 9.20 Å². The highest BCUT2D eigenvalue weighted by atomic mass is 35.5. The molecular weight excluding hydrogens is 434 g/mol. The molecule has 0 saturated heterocycles. The zero-order chi connectivity index (χ0) is 22.2. The van der Waals surface area contributed by atoms with Gasteiger partial charge in [0.05, 0.1) is 16.8 Å². The minimum Gasteiger partial charge on any atom is -0.480 e. The molecule has 0 fully saturated rings. The molecule has 0 aliphatic heterocycles. The van der Waals surface area contributed by atoms with E-state index in [4.69, 9.17) is 21.1 Å². The van der Waals surface area contributed by atoms with Gasteiger partial charge in [-0.2, -0.15) is 13.2 Å². The lowest BCUT2D eigenvalue weighted by molar-refractivity contribution is -0.149. The fraction of sp³-hybridized carbons (Fsp3) is 0.278. The van der Waals surface area contributed by atoms with Crippen LogP contribution in [0.25, 0.3) is 11.5 Å². The van der Waals surface area contributed by atoms with Gasteiger partial charge in [-0.25, -0.2) is 18.7 Å². The fourth-order valence-electron chi connectivity index (χ4n) is 2.68. The van der Waals surface area contributed by atoms with Gasteiger partial charge in [0, 0.05) is 24.5 Å². The van der Waals surface area contributed by atoms with Crippen LogP contribution in [0.1, 0.15) is 19.5 Å². The molecule has 0 unspecified atom stereocenters. The molecule has 2 aromatic heterocycles. The van der Waals surface area contributed by atoms with Crippen molar-refractivity contribution < 1.29 is 31.8 Å². The highest BCUT2D eigenvalue weighted by Gasteiger charge is 2.35. The number of carbonyl (C=O) groups excluding carboxylic acids is 1. The molecule has 30 heavy (non-hydrogen) atoms. The number of fused-ring (bicyclic) bond motifs is 1. The second kappa shape index (κ2) is 7.98. The van der Waals surface area contributed by atoms with Crippen LogP contribution in [0.5, 0.6) is 5.75 Å². The number of ether oxygens (including phenoxy) is 2. The van der Waals surface area contributed by atoms with Crippen LogP contribution in [-0.4, -0.2) is 32.6 Å². The van der Waals surface area contributed by atoms with Crippen molar-refractivity contribution in [1.29, 1.82) is 0 Å². The molecule has 0 saturated carbocycles. The van der Waals surface area contributed by atoms with E-state index in [0.29, 0.717) is 15.0 Å². The van der Waals surface area contributed by atoms with E-state index in [1.807, 2.05) is 0 Å². The maximum atomic E-state index is 14.6. The Kier molecular flexibility index (Phi) is 5.75. The largest absolute Gasteiger partial charge is 0.480 e. The van der Waals surface area contributed by atoms with Crippen LogP contribution in [0.2, 0.25) is 5.02 Å². The zero-order valence-corrected chi connectivity index (χ0v) is 16.3. The predicted octanol–water partition coefficient (Wildman–Crippen LogP) is 3.63. The summed E-state index contributed by atoms with van der Waals surface area (Å²) in [4.78, 5) is 27.8. The molecule has 1 aromatic carbocycles. The number of imidazole rings is 1. The van der Waals surface area contributed by atoms with E-state index in [2.05, 4.69) is 4.98 Å². The topological polar surface area (TPSA) is 74.8 Å². The molecule has 0 aliphatic carbocycles. The Morgan fingerprint density at radius 3 is 2.60 bits per heavy atom. The Labute approximate surface area is 171 Å². The van der Waals surface area contributed by atoms with Crippen molar-refractivity contribution in [1.82, 2.24) is 14.0 Å². The van der Waals surface area contributed by atoms with Gasteiger partial charge < -0.3 is 9.47 Å². The van der Waals surface area contributed by atoms with Gasteiger partial charge in [0.2, 0.25) is 5.78 Å². The summed E-state index contributed by atoms with van der Waals surface area (Å²) in [6.07, 6.45) is -3.20. The number of esters is 1. The van der Waals surface area contributed by atoms with Crippen LogP contribution in [0.3, 0.4) is 0 Å². The lowest BCUT2D eigenvalue weighted by Gasteiger charge is -2.15. The van der Waals surface area contributed by atoms with Crippen molar-refractivity contribution >= 4 is 23.3 Å². The summed E-state index contributed by atoms with van der Waals surface area (Å²) in [6, 6.07) is 2.12. The van der Waals surface area contributed by atoms with E-state index in [9.17, 15) is 27.2 Å². The third-order valence-corrected chi connectivity index (χ3v) is 4.10. The maximum Gasteiger partial charge on any atom is 0.432 e. The molecular formula is C18H14ClF4N3O4. The van der Waals surface area contributed by atoms with Crippen molar-refractivity contribution in [2.45, 2.75) is 26.1 Å². The normalized spacial score (nSPS) is 11.9. The number of aromatic nitrogens is 3. The quantitative estimate of drug-likeness (QED) is 0.441. The number of alkyl halides is 3. The van der Waals surface area contributed by atoms with E-state index in [-0.39, 0.29) is 16.9 Å². The summed E-state index contributed by atoms with van der Waals surface area (Å²) in [6.45, 7) is 2.71. The van der Waals surface area contributed by atoms with Gasteiger partial charge in [-0.15, -0.1) is 0 Å². The molecule has 0 aliphatic rings. The zero-order valence-electron chi connectivity index (χ0n) is 15.5. The standard InChI is InChI=1S/C18H14ClF4N3O4/c1-9(2)30-16(28)8-29-13-6-12(11(20)5-10(13)19)26-15(27)7-14(18(21,22)23)25-4-3-24-17(25)26/h3-7,9H,8H2,1-2H3. The number of hydrogen-bond donors (Lipinski definition) is 0. The smallest absolute Gasteiger partial charge is 0.432 e. The number of carbonyl (C=O) groups is 1. The van der Waals surface area contributed by atoms with Gasteiger partial charge in [-0.05, 0) is 19.9 Å². The summed E-state index contributed by atoms with van der Waals surface area (Å²) in [5.41, 5.74) is -2.90. The van der Waals surface area contributed by atoms with Gasteiger partial charge in [0.25, 0.3) is 5.56 Å². The molecule has 0 amide bonds. The van der Waals surface area contributed by atoms with E-state index in [1.165, 1.54) is 0 Å². The molecule has 7 nitrogen and oxygen atoms in total. The van der Waals surface area contributed by atoms with Gasteiger partial charge in [0.15, 0.2) is 6.61 Å². The van der Waals surface area contributed by atoms with Gasteiger partial charge in [0.1, 0.15) is 17.3 Å². The average molecular weight is 448 g/mol. The van der Waals surface area contributed by atoms with E-state index in [0.717, 1.165) is 24.5 Å². The van der Waals surface area contributed by atoms with Gasteiger partial charge >= 0.3 is 12.1 Å². The minimum absolute atomic E-state index is 0.176. The molecule has 2 heterocycles. The molecule has 0 N–H and O–H groups in total. The fourth-order valence-corrected chi connectivity index (χ4v) is 2.88. The van der Waals surface area contributed by atoms with E-state index >= 15 is 0 Å². The number of halogens is 5. The molecule has 0 atom stereocenters. The van der Waals surface area contributed by atoms with Crippen LogP contribution in [0.15, 0.2) is 35.4 Å². The molecule has 3 rings (SSSR count). The van der Waals surface area contributed by atoms with Crippen molar-refractivity contribution in [3.63, 3.8) is 0 Å². The monoisotopic (exact) mass is 447 g/mol. The molecule has 3 aromatic rings. The molecule has 12 heteroatoms. The van der Waals surface area contributed by atoms with Crippen molar-refractivity contribution in [2.24, 2.45) is 0 Å². The molecule has 0 spiro atoms. The Hall–Kier alpha value is -3.08. The second-order valence-corrected chi connectivity index (χ2v) is 6.77. The highest BCUT2D eigenvalue weighted by molar-refractivity contribution is 6.32. The van der Waals surface area contributed by atoms with Crippen LogP contribution in [-0.2, 0) is 15.7 Å². The maximum absolute atomic E-state index is 14.6. The molecule has 160 valence electrons. The minimum atomic E-state index is -4.83. The Morgan fingerprint density at radius 1 is 1.27 bits per heavy atom. The third-order valence-electron chi connectivity index (χ3n) is 3.81. The number of rotatable bonds is 5. The predicted molar refractivity (Wildman–Crippen MR) is 97.5 cm³/mol. The Bertz CT molecular complexity index is 1170. The third kappa shape index (κ3) is 4.25. The number of benzene rings is 1. The van der Waals surface area contributed by atoms with Crippen molar-refractivity contribution in [2.75, 3.05) is 6.61 Å². The molecule has 0 radical (unpaired) electrons. The SMILES string of the molecule is CC(C)OC(=O)COc1cc(-n2c(=O)cc(C(F)(F)F)n3ccnc23)c(F)cc1Cl. The number of nitrogens with zero attached hydrogens (tertiary/aromatic N) is 3. The van der Waals surface area contributed by atoms with Crippen LogP contribution < -0.4 is 10.3 Å². The van der Waals surface area contributed by atoms with Crippen molar-refractivity contribution in [3.8, 4) is 11.4 Å². The highest BCUT2D eigenvalue weighted by Crippen LogP contribution is 2.32. The Balaban J connectivity index is 2.10. The summed E-state index contributed by atoms with van der Waals surface area (Å²) >= 11 is 5.93. The second-order valence-electron chi connectivity index (χ2n) is 6.36. The molecule has 0 bridgehead atoms. The lowest BCUT2D eigenvalue weighted by atomic mass is 10.2. The van der Waals surface area contributed by atoms with E-state index < -0.39 is 47.3 Å². The van der Waals surface area contributed by atoms with Gasteiger partial charge in [-0.1, -0.05) is 11.6 Å². The van der Waals surface area contributed by atoms with Crippen LogP contribution in [0, 0.1) is 5.82 Å². The lowest BCUT2D eigenvalue weighted by Crippen LogP contribution is -2.26. The summed E-state index contributed by atoms with van der Waals surface area (Å²) < 4.78 is 65.6. The first-order valence-electron chi connectivity index (χ1n) is 8.47.